The number of nitrogens with zero attached hydrogens (tertiary/aromatic N) is 3. The van der Waals surface area contributed by atoms with Crippen molar-refractivity contribution in [3.05, 3.63) is 77.3 Å². The normalized spacial score (nSPS) is 11.2. The molecule has 162 valence electrons. The third-order valence-corrected chi connectivity index (χ3v) is 4.75. The van der Waals surface area contributed by atoms with Gasteiger partial charge in [-0.15, -0.1) is 5.10 Å². The summed E-state index contributed by atoms with van der Waals surface area (Å²) in [6.45, 7) is 0. The number of aromatic amines is 1. The van der Waals surface area contributed by atoms with Gasteiger partial charge in [0.15, 0.2) is 5.82 Å². The quantitative estimate of drug-likeness (QED) is 0.357. The Kier molecular flexibility index (Phi) is 5.78. The van der Waals surface area contributed by atoms with Crippen LogP contribution in [0.2, 0.25) is 5.02 Å². The Morgan fingerprint density at radius 2 is 1.69 bits per heavy atom. The molecule has 0 aliphatic heterocycles. The minimum Gasteiger partial charge on any atom is -0.308 e. The SMILES string of the molecule is O=C(Nc1cccc(C(F)(F)F)c1)Nc1ccc(-c2ccc(Cl)cc2)cc1-c1nnn[nH]1. The molecule has 0 fully saturated rings. The zero-order valence-electron chi connectivity index (χ0n) is 16.1. The van der Waals surface area contributed by atoms with Gasteiger partial charge in [-0.3, -0.25) is 0 Å². The molecule has 0 radical (unpaired) electrons. The van der Waals surface area contributed by atoms with Crippen LogP contribution < -0.4 is 10.6 Å². The summed E-state index contributed by atoms with van der Waals surface area (Å²) in [5.74, 6) is 0.301. The van der Waals surface area contributed by atoms with Crippen LogP contribution in [-0.2, 0) is 6.18 Å². The van der Waals surface area contributed by atoms with Crippen LogP contribution in [0, 0.1) is 0 Å². The lowest BCUT2D eigenvalue weighted by Crippen LogP contribution is -2.20. The molecule has 0 spiro atoms. The van der Waals surface area contributed by atoms with E-state index in [-0.39, 0.29) is 5.69 Å². The third kappa shape index (κ3) is 4.86. The maximum atomic E-state index is 12.9. The van der Waals surface area contributed by atoms with Crippen molar-refractivity contribution in [2.75, 3.05) is 10.6 Å². The topological polar surface area (TPSA) is 95.6 Å². The summed E-state index contributed by atoms with van der Waals surface area (Å²) in [7, 11) is 0. The van der Waals surface area contributed by atoms with E-state index in [0.29, 0.717) is 22.1 Å². The Morgan fingerprint density at radius 1 is 0.938 bits per heavy atom. The third-order valence-electron chi connectivity index (χ3n) is 4.49. The lowest BCUT2D eigenvalue weighted by Gasteiger charge is -2.13. The van der Waals surface area contributed by atoms with Crippen molar-refractivity contribution in [2.24, 2.45) is 0 Å². The van der Waals surface area contributed by atoms with E-state index in [1.807, 2.05) is 12.1 Å². The number of carbonyl (C=O) groups is 1. The van der Waals surface area contributed by atoms with Crippen LogP contribution in [0.4, 0.5) is 29.3 Å². The molecule has 1 aromatic heterocycles. The second-order valence-corrected chi connectivity index (χ2v) is 7.11. The van der Waals surface area contributed by atoms with Crippen molar-refractivity contribution in [1.29, 1.82) is 0 Å². The van der Waals surface area contributed by atoms with Gasteiger partial charge in [0.05, 0.1) is 11.3 Å². The number of rotatable bonds is 4. The Bertz CT molecular complexity index is 1240. The van der Waals surface area contributed by atoms with Crippen LogP contribution in [0.3, 0.4) is 0 Å². The van der Waals surface area contributed by atoms with Crippen molar-refractivity contribution in [1.82, 2.24) is 20.6 Å². The minimum atomic E-state index is -4.52. The first-order chi connectivity index (χ1) is 15.3. The molecular weight excluding hydrogens is 445 g/mol. The Hall–Kier alpha value is -3.92. The molecule has 7 nitrogen and oxygen atoms in total. The summed E-state index contributed by atoms with van der Waals surface area (Å²) >= 11 is 5.95. The molecule has 0 atom stereocenters. The fourth-order valence-electron chi connectivity index (χ4n) is 3.00. The number of urea groups is 1. The van der Waals surface area contributed by atoms with Crippen molar-refractivity contribution in [3.63, 3.8) is 0 Å². The first-order valence-corrected chi connectivity index (χ1v) is 9.57. The number of tetrazole rings is 1. The van der Waals surface area contributed by atoms with Gasteiger partial charge < -0.3 is 10.6 Å². The number of anilines is 2. The number of aromatic nitrogens is 4. The van der Waals surface area contributed by atoms with Gasteiger partial charge in [0.25, 0.3) is 0 Å². The van der Waals surface area contributed by atoms with Crippen LogP contribution in [0.15, 0.2) is 66.7 Å². The first-order valence-electron chi connectivity index (χ1n) is 9.19. The van der Waals surface area contributed by atoms with E-state index >= 15 is 0 Å². The van der Waals surface area contributed by atoms with Gasteiger partial charge in [-0.25, -0.2) is 9.89 Å². The maximum absolute atomic E-state index is 12.9. The molecule has 0 aliphatic carbocycles. The van der Waals surface area contributed by atoms with Gasteiger partial charge >= 0.3 is 12.2 Å². The van der Waals surface area contributed by atoms with E-state index in [1.165, 1.54) is 12.1 Å². The van der Waals surface area contributed by atoms with Gasteiger partial charge in [0.1, 0.15) is 0 Å². The van der Waals surface area contributed by atoms with Gasteiger partial charge in [-0.1, -0.05) is 35.9 Å². The molecule has 0 aliphatic rings. The molecule has 4 aromatic rings. The molecule has 11 heteroatoms. The number of H-pyrrole nitrogens is 1. The van der Waals surface area contributed by atoms with E-state index in [2.05, 4.69) is 31.3 Å². The predicted octanol–water partition coefficient (Wildman–Crippen LogP) is 5.85. The van der Waals surface area contributed by atoms with Gasteiger partial charge in [-0.2, -0.15) is 13.2 Å². The summed E-state index contributed by atoms with van der Waals surface area (Å²) in [5, 5.41) is 19.3. The molecule has 0 bridgehead atoms. The van der Waals surface area contributed by atoms with Crippen LogP contribution in [0.25, 0.3) is 22.5 Å². The van der Waals surface area contributed by atoms with Crippen molar-refractivity contribution in [2.45, 2.75) is 6.18 Å². The summed E-state index contributed by atoms with van der Waals surface area (Å²) in [6, 6.07) is 16.0. The molecule has 0 unspecified atom stereocenters. The van der Waals surface area contributed by atoms with Crippen molar-refractivity contribution >= 4 is 29.0 Å². The second kappa shape index (κ2) is 8.67. The number of nitrogens with one attached hydrogen (secondary N) is 3. The maximum Gasteiger partial charge on any atom is 0.416 e. The number of carbonyl (C=O) groups excluding carboxylic acids is 1. The predicted molar refractivity (Wildman–Crippen MR) is 114 cm³/mol. The van der Waals surface area contributed by atoms with E-state index in [1.54, 1.807) is 30.3 Å². The summed E-state index contributed by atoms with van der Waals surface area (Å²) in [4.78, 5) is 12.5. The highest BCUT2D eigenvalue weighted by Crippen LogP contribution is 2.32. The highest BCUT2D eigenvalue weighted by atomic mass is 35.5. The van der Waals surface area contributed by atoms with Crippen LogP contribution in [0.1, 0.15) is 5.56 Å². The number of hydrogen-bond donors (Lipinski definition) is 3. The van der Waals surface area contributed by atoms with Crippen LogP contribution >= 0.6 is 11.6 Å². The minimum absolute atomic E-state index is 0.00186. The number of halogens is 4. The molecule has 4 rings (SSSR count). The Morgan fingerprint density at radius 3 is 2.38 bits per heavy atom. The fraction of sp³-hybridized carbons (Fsp3) is 0.0476. The van der Waals surface area contributed by atoms with Crippen LogP contribution in [-0.4, -0.2) is 26.7 Å². The molecule has 0 saturated carbocycles. The molecule has 32 heavy (non-hydrogen) atoms. The average molecular weight is 459 g/mol. The molecule has 0 saturated heterocycles. The van der Waals surface area contributed by atoms with E-state index in [0.717, 1.165) is 23.3 Å². The molecule has 3 aromatic carbocycles. The number of alkyl halides is 3. The first kappa shape index (κ1) is 21.3. The second-order valence-electron chi connectivity index (χ2n) is 6.67. The van der Waals surface area contributed by atoms with Crippen molar-refractivity contribution < 1.29 is 18.0 Å². The molecule has 2 amide bonds. The van der Waals surface area contributed by atoms with Gasteiger partial charge in [0, 0.05) is 16.3 Å². The van der Waals surface area contributed by atoms with Gasteiger partial charge in [-0.05, 0) is 64.0 Å². The lowest BCUT2D eigenvalue weighted by atomic mass is 10.0. The largest absolute Gasteiger partial charge is 0.416 e. The average Bonchev–Trinajstić information content (AvgIpc) is 3.29. The fourth-order valence-corrected chi connectivity index (χ4v) is 3.13. The highest BCUT2D eigenvalue weighted by Gasteiger charge is 2.30. The van der Waals surface area contributed by atoms with Gasteiger partial charge in [0.2, 0.25) is 0 Å². The van der Waals surface area contributed by atoms with E-state index in [4.69, 9.17) is 11.6 Å². The number of amides is 2. The molecule has 1 heterocycles. The van der Waals surface area contributed by atoms with E-state index < -0.39 is 17.8 Å². The summed E-state index contributed by atoms with van der Waals surface area (Å²) in [5.41, 5.74) is 1.67. The van der Waals surface area contributed by atoms with E-state index in [9.17, 15) is 18.0 Å². The number of hydrogen-bond acceptors (Lipinski definition) is 4. The van der Waals surface area contributed by atoms with Crippen molar-refractivity contribution in [3.8, 4) is 22.5 Å². The summed E-state index contributed by atoms with van der Waals surface area (Å²) < 4.78 is 38.7. The smallest absolute Gasteiger partial charge is 0.308 e. The zero-order valence-corrected chi connectivity index (χ0v) is 16.9. The molecular formula is C21H14ClF3N6O. The highest BCUT2D eigenvalue weighted by molar-refractivity contribution is 6.30. The molecule has 3 N–H and O–H groups in total. The van der Waals surface area contributed by atoms with Crippen LogP contribution in [0.5, 0.6) is 0 Å². The Labute approximate surface area is 184 Å². The Balaban J connectivity index is 1.60. The standard InChI is InChI=1S/C21H14ClF3N6O/c22-15-7-4-12(5-8-15)13-6-9-18(17(10-13)19-28-30-31-29-19)27-20(32)26-16-3-1-2-14(11-16)21(23,24)25/h1-11H,(H2,26,27,32)(H,28,29,30,31). The monoisotopic (exact) mass is 458 g/mol. The summed E-state index contributed by atoms with van der Waals surface area (Å²) in [6.07, 6.45) is -4.52. The lowest BCUT2D eigenvalue weighted by molar-refractivity contribution is -0.137. The zero-order chi connectivity index (χ0) is 22.7. The number of benzene rings is 3.